The number of rotatable bonds is 4. The van der Waals surface area contributed by atoms with E-state index in [4.69, 9.17) is 9.97 Å². The highest BCUT2D eigenvalue weighted by Crippen LogP contribution is 2.41. The van der Waals surface area contributed by atoms with Crippen LogP contribution in [0, 0.1) is 0 Å². The summed E-state index contributed by atoms with van der Waals surface area (Å²) < 4.78 is 2.27. The lowest BCUT2D eigenvalue weighted by molar-refractivity contribution is 1.01. The fraction of sp³-hybridized carbons (Fsp3) is 0. The molecule has 0 saturated carbocycles. The van der Waals surface area contributed by atoms with Gasteiger partial charge in [-0.25, -0.2) is 9.97 Å². The Morgan fingerprint density at radius 3 is 1.48 bits per heavy atom. The van der Waals surface area contributed by atoms with Gasteiger partial charge in [0.2, 0.25) is 5.95 Å². The molecule has 0 radical (unpaired) electrons. The van der Waals surface area contributed by atoms with Gasteiger partial charge in [0.25, 0.3) is 0 Å². The van der Waals surface area contributed by atoms with Crippen molar-refractivity contribution in [2.75, 3.05) is 0 Å². The molecule has 0 N–H and O–H groups in total. The molecule has 0 atom stereocenters. The van der Waals surface area contributed by atoms with E-state index in [0.29, 0.717) is 5.95 Å². The van der Waals surface area contributed by atoms with Crippen LogP contribution < -0.4 is 0 Å². The SMILES string of the molecule is c1ccc(-c2nc(-n3c4ccc(-c5ccc6c7ccccc7c7ccccc7c6c5)cc4c4cc5ccccc5cc43)nc3cc(-c4ccc5ccccc5c4)ccc23)cc1. The van der Waals surface area contributed by atoms with Crippen molar-refractivity contribution in [3.05, 3.63) is 212 Å². The lowest BCUT2D eigenvalue weighted by atomic mass is 9.92. The Labute approximate surface area is 351 Å². The first-order valence-corrected chi connectivity index (χ1v) is 20.9. The lowest BCUT2D eigenvalue weighted by Gasteiger charge is -2.13. The summed E-state index contributed by atoms with van der Waals surface area (Å²) >= 11 is 0. The normalized spacial score (nSPS) is 11.9. The Morgan fingerprint density at radius 1 is 0.262 bits per heavy atom. The van der Waals surface area contributed by atoms with E-state index < -0.39 is 0 Å². The van der Waals surface area contributed by atoms with E-state index in [2.05, 4.69) is 217 Å². The van der Waals surface area contributed by atoms with E-state index in [9.17, 15) is 0 Å². The molecule has 0 spiro atoms. The molecule has 0 aliphatic rings. The molecule has 0 unspecified atom stereocenters. The zero-order chi connectivity index (χ0) is 40.0. The van der Waals surface area contributed by atoms with Gasteiger partial charge in [-0.15, -0.1) is 0 Å². The minimum absolute atomic E-state index is 0.647. The largest absolute Gasteiger partial charge is 0.278 e. The second-order valence-corrected chi connectivity index (χ2v) is 16.2. The molecule has 0 amide bonds. The monoisotopic (exact) mass is 773 g/mol. The van der Waals surface area contributed by atoms with E-state index in [-0.39, 0.29) is 0 Å². The molecule has 13 rings (SSSR count). The molecule has 11 aromatic carbocycles. The minimum Gasteiger partial charge on any atom is -0.278 e. The summed E-state index contributed by atoms with van der Waals surface area (Å²) in [6.45, 7) is 0. The van der Waals surface area contributed by atoms with Gasteiger partial charge in [-0.2, -0.15) is 0 Å². The van der Waals surface area contributed by atoms with Crippen LogP contribution in [0.15, 0.2) is 212 Å². The predicted octanol–water partition coefficient (Wildman–Crippen LogP) is 15.5. The van der Waals surface area contributed by atoms with Gasteiger partial charge in [0, 0.05) is 21.7 Å². The van der Waals surface area contributed by atoms with Crippen LogP contribution in [0.3, 0.4) is 0 Å². The summed E-state index contributed by atoms with van der Waals surface area (Å²) in [5.74, 6) is 0.647. The Hall–Kier alpha value is -8.14. The van der Waals surface area contributed by atoms with E-state index in [0.717, 1.165) is 49.7 Å². The molecule has 0 aliphatic carbocycles. The van der Waals surface area contributed by atoms with E-state index in [1.807, 2.05) is 0 Å². The second-order valence-electron chi connectivity index (χ2n) is 16.2. The van der Waals surface area contributed by atoms with Crippen molar-refractivity contribution in [1.29, 1.82) is 0 Å². The summed E-state index contributed by atoms with van der Waals surface area (Å²) in [4.78, 5) is 10.9. The van der Waals surface area contributed by atoms with Crippen LogP contribution in [0.2, 0.25) is 0 Å². The first kappa shape index (κ1) is 33.8. The van der Waals surface area contributed by atoms with Crippen LogP contribution in [0.25, 0.3) is 126 Å². The van der Waals surface area contributed by atoms with Gasteiger partial charge < -0.3 is 0 Å². The number of hydrogen-bond donors (Lipinski definition) is 0. The van der Waals surface area contributed by atoms with Gasteiger partial charge in [-0.1, -0.05) is 164 Å². The van der Waals surface area contributed by atoms with Crippen LogP contribution in [-0.4, -0.2) is 14.5 Å². The molecule has 3 nitrogen and oxygen atoms in total. The van der Waals surface area contributed by atoms with Crippen LogP contribution in [-0.2, 0) is 0 Å². The Balaban J connectivity index is 1.06. The topological polar surface area (TPSA) is 30.7 Å². The number of benzene rings is 11. The lowest BCUT2D eigenvalue weighted by Crippen LogP contribution is -2.03. The highest BCUT2D eigenvalue weighted by Gasteiger charge is 2.20. The van der Waals surface area contributed by atoms with E-state index in [1.54, 1.807) is 0 Å². The van der Waals surface area contributed by atoms with Gasteiger partial charge in [-0.3, -0.25) is 4.57 Å². The molecule has 13 aromatic rings. The molecular weight excluding hydrogens is 739 g/mol. The molecule has 0 aliphatic heterocycles. The first-order valence-electron chi connectivity index (χ1n) is 20.9. The zero-order valence-corrected chi connectivity index (χ0v) is 33.0. The quantitative estimate of drug-likeness (QED) is 0.167. The van der Waals surface area contributed by atoms with Crippen LogP contribution in [0.1, 0.15) is 0 Å². The molecule has 0 bridgehead atoms. The van der Waals surface area contributed by atoms with Crippen molar-refractivity contribution >= 4 is 86.6 Å². The van der Waals surface area contributed by atoms with Gasteiger partial charge >= 0.3 is 0 Å². The number of nitrogens with zero attached hydrogens (tertiary/aromatic N) is 3. The molecule has 61 heavy (non-hydrogen) atoms. The van der Waals surface area contributed by atoms with Crippen molar-refractivity contribution in [3.8, 4) is 39.5 Å². The maximum Gasteiger partial charge on any atom is 0.235 e. The molecule has 0 saturated heterocycles. The Morgan fingerprint density at radius 2 is 0.754 bits per heavy atom. The van der Waals surface area contributed by atoms with Crippen molar-refractivity contribution < 1.29 is 0 Å². The second kappa shape index (κ2) is 13.2. The Kier molecular flexibility index (Phi) is 7.31. The molecule has 282 valence electrons. The first-order chi connectivity index (χ1) is 30.2. The van der Waals surface area contributed by atoms with Gasteiger partial charge in [0.15, 0.2) is 0 Å². The fourth-order valence-corrected chi connectivity index (χ4v) is 9.77. The Bertz CT molecular complexity index is 3900. The molecule has 3 heteroatoms. The molecule has 2 heterocycles. The molecular formula is C58H35N3. The van der Waals surface area contributed by atoms with E-state index >= 15 is 0 Å². The summed E-state index contributed by atoms with van der Waals surface area (Å²) in [7, 11) is 0. The highest BCUT2D eigenvalue weighted by atomic mass is 15.2. The number of aromatic nitrogens is 3. The van der Waals surface area contributed by atoms with Crippen molar-refractivity contribution in [1.82, 2.24) is 14.5 Å². The third-order valence-electron chi connectivity index (χ3n) is 12.7. The van der Waals surface area contributed by atoms with Crippen molar-refractivity contribution in [2.45, 2.75) is 0 Å². The van der Waals surface area contributed by atoms with Gasteiger partial charge in [0.1, 0.15) is 0 Å². The summed E-state index contributed by atoms with van der Waals surface area (Å²) in [6, 6.07) is 77.0. The molecule has 2 aromatic heterocycles. The summed E-state index contributed by atoms with van der Waals surface area (Å²) in [6.07, 6.45) is 0. The number of hydrogen-bond acceptors (Lipinski definition) is 2. The zero-order valence-electron chi connectivity index (χ0n) is 33.0. The third kappa shape index (κ3) is 5.31. The highest BCUT2D eigenvalue weighted by molar-refractivity contribution is 6.26. The van der Waals surface area contributed by atoms with Crippen molar-refractivity contribution in [3.63, 3.8) is 0 Å². The smallest absolute Gasteiger partial charge is 0.235 e. The standard InChI is InChI=1S/C58H35N3/c1-2-13-37(14-3-1)57-50-28-25-44(41-23-22-36-12-4-5-15-38(36)30-41)34-54(50)59-58(60-57)61-55-29-26-43(33-52(55)53-32-39-16-6-7-17-40(39)35-56(53)61)42-24-27-49-47-20-9-8-18-45(47)46-19-10-11-21-48(46)51(49)31-42/h1-35H. The fourth-order valence-electron chi connectivity index (χ4n) is 9.77. The minimum atomic E-state index is 0.647. The maximum absolute atomic E-state index is 5.46. The number of fused-ring (bicyclic) bond motifs is 12. The van der Waals surface area contributed by atoms with Crippen LogP contribution in [0.4, 0.5) is 0 Å². The van der Waals surface area contributed by atoms with E-state index in [1.165, 1.54) is 70.4 Å². The summed E-state index contributed by atoms with van der Waals surface area (Å²) in [5, 5.41) is 15.8. The maximum atomic E-state index is 5.46. The predicted molar refractivity (Wildman–Crippen MR) is 258 cm³/mol. The molecule has 0 fully saturated rings. The van der Waals surface area contributed by atoms with Gasteiger partial charge in [0.05, 0.1) is 22.2 Å². The average molecular weight is 774 g/mol. The van der Waals surface area contributed by atoms with Gasteiger partial charge in [-0.05, 0) is 125 Å². The van der Waals surface area contributed by atoms with Crippen LogP contribution in [0.5, 0.6) is 0 Å². The van der Waals surface area contributed by atoms with Crippen LogP contribution >= 0.6 is 0 Å². The average Bonchev–Trinajstić information content (AvgIpc) is 3.65. The van der Waals surface area contributed by atoms with Crippen molar-refractivity contribution in [2.24, 2.45) is 0 Å². The summed E-state index contributed by atoms with van der Waals surface area (Å²) in [5.41, 5.74) is 9.64. The third-order valence-corrected chi connectivity index (χ3v) is 12.7.